The number of benzene rings is 1. The van der Waals surface area contributed by atoms with Crippen LogP contribution in [-0.4, -0.2) is 56.7 Å². The zero-order valence-corrected chi connectivity index (χ0v) is 16.7. The summed E-state index contributed by atoms with van der Waals surface area (Å²) in [5, 5.41) is -0.227. The SMILES string of the molecule is CC(=O)O[C@@H]1[C@H]2O[C@H]([C@H]([Se]c3ccccc3)[C@H]2Cl)[C@H]1[C@H](C)OC(C)=O. The zero-order chi connectivity index (χ0) is 18.1. The van der Waals surface area contributed by atoms with Gasteiger partial charge in [-0.05, 0) is 0 Å². The Bertz CT molecular complexity index is 640. The molecule has 0 aliphatic carbocycles. The monoisotopic (exact) mass is 432 g/mol. The Hall–Kier alpha value is -1.07. The van der Waals surface area contributed by atoms with E-state index in [1.165, 1.54) is 18.3 Å². The minimum atomic E-state index is -0.484. The standard InChI is InChI=1S/C18H21ClO5Se/c1-9(22-10(2)20)13-15(23-11(3)21)17-14(19)18(16(13)24-17)25-12-7-5-4-6-8-12/h4-9,13-18H,1-3H3/t9-,13-,14-,15-,16-,17-,18+/m0/s1. The fourth-order valence-electron chi connectivity index (χ4n) is 3.68. The van der Waals surface area contributed by atoms with Crippen LogP contribution in [0.2, 0.25) is 4.82 Å². The molecule has 2 heterocycles. The van der Waals surface area contributed by atoms with Crippen molar-refractivity contribution in [1.29, 1.82) is 0 Å². The van der Waals surface area contributed by atoms with Crippen LogP contribution < -0.4 is 4.46 Å². The van der Waals surface area contributed by atoms with Gasteiger partial charge in [-0.2, -0.15) is 0 Å². The van der Waals surface area contributed by atoms with Crippen LogP contribution in [0.4, 0.5) is 0 Å². The maximum absolute atomic E-state index is 11.5. The molecule has 3 rings (SSSR count). The van der Waals surface area contributed by atoms with Crippen LogP contribution >= 0.6 is 11.6 Å². The summed E-state index contributed by atoms with van der Waals surface area (Å²) in [6.45, 7) is 4.57. The number of fused-ring (bicyclic) bond motifs is 2. The number of esters is 2. The van der Waals surface area contributed by atoms with Crippen molar-refractivity contribution >= 4 is 43.0 Å². The average Bonchev–Trinajstić information content (AvgIpc) is 3.04. The Morgan fingerprint density at radius 2 is 1.84 bits per heavy atom. The molecule has 2 fully saturated rings. The van der Waals surface area contributed by atoms with Gasteiger partial charge in [0.2, 0.25) is 0 Å². The molecule has 0 amide bonds. The second-order valence-electron chi connectivity index (χ2n) is 6.37. The van der Waals surface area contributed by atoms with E-state index in [1.807, 2.05) is 25.1 Å². The van der Waals surface area contributed by atoms with Gasteiger partial charge < -0.3 is 0 Å². The second-order valence-corrected chi connectivity index (χ2v) is 9.50. The van der Waals surface area contributed by atoms with Crippen LogP contribution in [0.15, 0.2) is 30.3 Å². The summed E-state index contributed by atoms with van der Waals surface area (Å²) in [7, 11) is 0. The van der Waals surface area contributed by atoms with Gasteiger partial charge in [-0.15, -0.1) is 0 Å². The van der Waals surface area contributed by atoms with E-state index in [1.54, 1.807) is 0 Å². The number of alkyl halides is 1. The number of hydrogen-bond acceptors (Lipinski definition) is 5. The molecule has 2 aliphatic heterocycles. The first-order valence-electron chi connectivity index (χ1n) is 8.24. The molecule has 136 valence electrons. The summed E-state index contributed by atoms with van der Waals surface area (Å²) in [5.74, 6) is -0.942. The van der Waals surface area contributed by atoms with Crippen LogP contribution in [0.1, 0.15) is 20.8 Å². The Morgan fingerprint density at radius 1 is 1.16 bits per heavy atom. The Kier molecular flexibility index (Phi) is 5.74. The Balaban J connectivity index is 1.83. The van der Waals surface area contributed by atoms with E-state index in [0.717, 1.165) is 0 Å². The van der Waals surface area contributed by atoms with E-state index in [-0.39, 0.29) is 55.2 Å². The van der Waals surface area contributed by atoms with E-state index >= 15 is 0 Å². The third kappa shape index (κ3) is 3.87. The topological polar surface area (TPSA) is 61.8 Å². The molecule has 2 aliphatic rings. The van der Waals surface area contributed by atoms with Gasteiger partial charge in [0.05, 0.1) is 0 Å². The van der Waals surface area contributed by atoms with Crippen molar-refractivity contribution in [3.63, 3.8) is 0 Å². The van der Waals surface area contributed by atoms with Crippen LogP contribution in [0.25, 0.3) is 0 Å². The van der Waals surface area contributed by atoms with Gasteiger partial charge in [0.15, 0.2) is 0 Å². The quantitative estimate of drug-likeness (QED) is 0.403. The molecule has 0 saturated carbocycles. The molecule has 0 N–H and O–H groups in total. The van der Waals surface area contributed by atoms with Crippen LogP contribution in [0.5, 0.6) is 0 Å². The number of halogens is 1. The average molecular weight is 432 g/mol. The first-order valence-corrected chi connectivity index (χ1v) is 10.5. The summed E-state index contributed by atoms with van der Waals surface area (Å²) in [4.78, 5) is 23.0. The molecule has 7 atom stereocenters. The van der Waals surface area contributed by atoms with E-state index in [2.05, 4.69) is 12.1 Å². The van der Waals surface area contributed by atoms with E-state index < -0.39 is 12.2 Å². The van der Waals surface area contributed by atoms with E-state index in [9.17, 15) is 9.59 Å². The molecule has 7 heteroatoms. The molecular formula is C18H21ClO5Se. The van der Waals surface area contributed by atoms with Crippen LogP contribution in [-0.2, 0) is 23.8 Å². The normalized spacial score (nSPS) is 34.6. The summed E-state index contributed by atoms with van der Waals surface area (Å²) >= 11 is 6.78. The molecule has 0 aromatic heterocycles. The number of ether oxygens (including phenoxy) is 3. The van der Waals surface area contributed by atoms with Gasteiger partial charge >= 0.3 is 158 Å². The van der Waals surface area contributed by atoms with Crippen molar-refractivity contribution in [3.8, 4) is 0 Å². The van der Waals surface area contributed by atoms with Gasteiger partial charge in [0.1, 0.15) is 0 Å². The first kappa shape index (κ1) is 18.7. The van der Waals surface area contributed by atoms with Crippen LogP contribution in [0, 0.1) is 5.92 Å². The Labute approximate surface area is 158 Å². The minimum absolute atomic E-state index is 0.114. The van der Waals surface area contributed by atoms with Gasteiger partial charge in [-0.3, -0.25) is 0 Å². The van der Waals surface area contributed by atoms with E-state index in [4.69, 9.17) is 25.8 Å². The van der Waals surface area contributed by atoms with Gasteiger partial charge in [-0.1, -0.05) is 0 Å². The molecule has 25 heavy (non-hydrogen) atoms. The molecule has 0 unspecified atom stereocenters. The number of rotatable bonds is 5. The summed E-state index contributed by atoms with van der Waals surface area (Å²) in [5.41, 5.74) is 0. The molecule has 1 aromatic rings. The van der Waals surface area contributed by atoms with Gasteiger partial charge in [0, 0.05) is 0 Å². The number of hydrogen-bond donors (Lipinski definition) is 0. The van der Waals surface area contributed by atoms with Gasteiger partial charge in [-0.25, -0.2) is 0 Å². The molecule has 0 radical (unpaired) electrons. The summed E-state index contributed by atoms with van der Waals surface area (Å²) in [6, 6.07) is 10.2. The van der Waals surface area contributed by atoms with Crippen molar-refractivity contribution in [2.75, 3.05) is 0 Å². The van der Waals surface area contributed by atoms with Gasteiger partial charge in [0.25, 0.3) is 0 Å². The number of carbonyl (C=O) groups excluding carboxylic acids is 2. The molecule has 1 aromatic carbocycles. The predicted molar refractivity (Wildman–Crippen MR) is 94.2 cm³/mol. The van der Waals surface area contributed by atoms with Crippen molar-refractivity contribution in [2.24, 2.45) is 5.92 Å². The summed E-state index contributed by atoms with van der Waals surface area (Å²) < 4.78 is 18.2. The molecule has 2 bridgehead atoms. The fraction of sp³-hybridized carbons (Fsp3) is 0.556. The maximum atomic E-state index is 11.5. The van der Waals surface area contributed by atoms with Crippen molar-refractivity contribution in [3.05, 3.63) is 30.3 Å². The van der Waals surface area contributed by atoms with Crippen molar-refractivity contribution in [2.45, 2.75) is 55.4 Å². The van der Waals surface area contributed by atoms with Crippen molar-refractivity contribution < 1.29 is 23.8 Å². The molecule has 2 saturated heterocycles. The third-order valence-electron chi connectivity index (χ3n) is 4.56. The van der Waals surface area contributed by atoms with E-state index in [0.29, 0.717) is 0 Å². The summed E-state index contributed by atoms with van der Waals surface area (Å²) in [6.07, 6.45) is -1.45. The second kappa shape index (κ2) is 7.66. The molecule has 0 spiro atoms. The number of carbonyl (C=O) groups is 2. The zero-order valence-electron chi connectivity index (χ0n) is 14.3. The first-order chi connectivity index (χ1) is 11.9. The van der Waals surface area contributed by atoms with Crippen molar-refractivity contribution in [1.82, 2.24) is 0 Å². The predicted octanol–water partition coefficient (Wildman–Crippen LogP) is 1.69. The molecule has 5 nitrogen and oxygen atoms in total. The third-order valence-corrected chi connectivity index (χ3v) is 8.31. The Morgan fingerprint density at radius 3 is 2.44 bits per heavy atom. The van der Waals surface area contributed by atoms with Crippen LogP contribution in [0.3, 0.4) is 0 Å². The fourth-order valence-corrected chi connectivity index (χ4v) is 7.00. The molecular weight excluding hydrogens is 411 g/mol.